The lowest BCUT2D eigenvalue weighted by atomic mass is 9.69. The molecule has 0 radical (unpaired) electrons. The lowest BCUT2D eigenvalue weighted by molar-refractivity contribution is -0.132. The molecular formula is C14H15BrN2O. The summed E-state index contributed by atoms with van der Waals surface area (Å²) >= 11 is 3.38. The van der Waals surface area contributed by atoms with E-state index in [-0.39, 0.29) is 11.9 Å². The first-order valence-electron chi connectivity index (χ1n) is 6.05. The van der Waals surface area contributed by atoms with E-state index in [1.165, 1.54) is 0 Å². The Labute approximate surface area is 115 Å². The van der Waals surface area contributed by atoms with Gasteiger partial charge in [0.2, 0.25) is 5.91 Å². The van der Waals surface area contributed by atoms with Gasteiger partial charge in [-0.1, -0.05) is 28.1 Å². The smallest absolute Gasteiger partial charge is 0.240 e. The van der Waals surface area contributed by atoms with Gasteiger partial charge in [-0.25, -0.2) is 0 Å². The molecule has 0 spiro atoms. The Kier molecular flexibility index (Phi) is 3.72. The Balaban J connectivity index is 2.03. The van der Waals surface area contributed by atoms with Crippen molar-refractivity contribution in [2.24, 2.45) is 5.41 Å². The van der Waals surface area contributed by atoms with Crippen LogP contribution in [0.2, 0.25) is 0 Å². The van der Waals surface area contributed by atoms with Crippen molar-refractivity contribution in [3.05, 3.63) is 34.3 Å². The number of nitriles is 1. The molecule has 0 unspecified atom stereocenters. The van der Waals surface area contributed by atoms with Crippen LogP contribution in [-0.2, 0) is 4.79 Å². The summed E-state index contributed by atoms with van der Waals surface area (Å²) in [7, 11) is 0. The van der Waals surface area contributed by atoms with Gasteiger partial charge < -0.3 is 5.32 Å². The Bertz CT molecular complexity index is 486. The molecule has 1 saturated carbocycles. The van der Waals surface area contributed by atoms with Crippen molar-refractivity contribution in [1.29, 1.82) is 5.26 Å². The highest BCUT2D eigenvalue weighted by Gasteiger charge is 2.44. The number of benzene rings is 1. The minimum absolute atomic E-state index is 0.0728. The molecule has 1 N–H and O–H groups in total. The molecule has 3 nitrogen and oxygen atoms in total. The second-order valence-corrected chi connectivity index (χ2v) is 5.71. The maximum atomic E-state index is 12.1. The summed E-state index contributed by atoms with van der Waals surface area (Å²) in [5.41, 5.74) is 0.267. The lowest BCUT2D eigenvalue weighted by Gasteiger charge is -2.34. The van der Waals surface area contributed by atoms with E-state index in [4.69, 9.17) is 5.26 Å². The van der Waals surface area contributed by atoms with E-state index in [0.29, 0.717) is 12.8 Å². The SMILES string of the molecule is C[C@H](NC(=O)C1(C#N)CCC1)c1ccc(Br)cc1. The number of nitrogens with zero attached hydrogens (tertiary/aromatic N) is 1. The number of hydrogen-bond donors (Lipinski definition) is 1. The number of carbonyl (C=O) groups excluding carboxylic acids is 1. The normalized spacial score (nSPS) is 18.3. The standard InChI is InChI=1S/C14H15BrN2O/c1-10(11-3-5-12(15)6-4-11)17-13(18)14(9-16)7-2-8-14/h3-6,10H,2,7-8H2,1H3,(H,17,18)/t10-/m0/s1. The van der Waals surface area contributed by atoms with Crippen molar-refractivity contribution in [2.45, 2.75) is 32.2 Å². The minimum atomic E-state index is -0.774. The van der Waals surface area contributed by atoms with E-state index < -0.39 is 5.41 Å². The van der Waals surface area contributed by atoms with Crippen LogP contribution < -0.4 is 5.32 Å². The molecule has 0 aromatic heterocycles. The van der Waals surface area contributed by atoms with Crippen LogP contribution in [-0.4, -0.2) is 5.91 Å². The lowest BCUT2D eigenvalue weighted by Crippen LogP contribution is -2.45. The van der Waals surface area contributed by atoms with Gasteiger partial charge in [0.1, 0.15) is 5.41 Å². The van der Waals surface area contributed by atoms with Crippen molar-refractivity contribution in [1.82, 2.24) is 5.32 Å². The monoisotopic (exact) mass is 306 g/mol. The Morgan fingerprint density at radius 3 is 2.50 bits per heavy atom. The zero-order valence-corrected chi connectivity index (χ0v) is 11.8. The molecule has 1 fully saturated rings. The molecule has 94 valence electrons. The highest BCUT2D eigenvalue weighted by Crippen LogP contribution is 2.40. The van der Waals surface area contributed by atoms with Gasteiger partial charge in [0, 0.05) is 4.47 Å². The van der Waals surface area contributed by atoms with Gasteiger partial charge in [-0.2, -0.15) is 5.26 Å². The van der Waals surface area contributed by atoms with Gasteiger partial charge in [0.15, 0.2) is 0 Å². The molecule has 18 heavy (non-hydrogen) atoms. The number of amides is 1. The average Bonchev–Trinajstić information content (AvgIpc) is 2.29. The van der Waals surface area contributed by atoms with Gasteiger partial charge in [0.05, 0.1) is 12.1 Å². The van der Waals surface area contributed by atoms with Crippen molar-refractivity contribution < 1.29 is 4.79 Å². The van der Waals surface area contributed by atoms with Gasteiger partial charge in [0.25, 0.3) is 0 Å². The Morgan fingerprint density at radius 2 is 2.06 bits per heavy atom. The van der Waals surface area contributed by atoms with Crippen LogP contribution in [0.25, 0.3) is 0 Å². The largest absolute Gasteiger partial charge is 0.348 e. The van der Waals surface area contributed by atoms with E-state index in [2.05, 4.69) is 27.3 Å². The molecule has 1 aliphatic carbocycles. The topological polar surface area (TPSA) is 52.9 Å². The summed E-state index contributed by atoms with van der Waals surface area (Å²) in [6.45, 7) is 1.94. The van der Waals surface area contributed by atoms with Gasteiger partial charge >= 0.3 is 0 Å². The average molecular weight is 307 g/mol. The molecule has 1 aromatic carbocycles. The second-order valence-electron chi connectivity index (χ2n) is 4.79. The first-order valence-corrected chi connectivity index (χ1v) is 6.84. The van der Waals surface area contributed by atoms with Crippen LogP contribution in [0.5, 0.6) is 0 Å². The predicted octanol–water partition coefficient (Wildman–Crippen LogP) is 3.32. The first kappa shape index (κ1) is 13.1. The number of hydrogen-bond acceptors (Lipinski definition) is 2. The van der Waals surface area contributed by atoms with E-state index in [1.54, 1.807) is 0 Å². The number of nitrogens with one attached hydrogen (secondary N) is 1. The fourth-order valence-corrected chi connectivity index (χ4v) is 2.35. The van der Waals surface area contributed by atoms with Crippen molar-refractivity contribution in [3.63, 3.8) is 0 Å². The van der Waals surface area contributed by atoms with E-state index in [0.717, 1.165) is 16.5 Å². The molecule has 1 aliphatic rings. The zero-order chi connectivity index (χ0) is 13.2. The third-order valence-corrected chi connectivity index (χ3v) is 4.10. The molecule has 0 heterocycles. The van der Waals surface area contributed by atoms with Crippen LogP contribution in [0.4, 0.5) is 0 Å². The summed E-state index contributed by atoms with van der Waals surface area (Å²) in [5.74, 6) is -0.133. The van der Waals surface area contributed by atoms with Crippen LogP contribution >= 0.6 is 15.9 Å². The summed E-state index contributed by atoms with van der Waals surface area (Å²) in [6, 6.07) is 9.91. The third kappa shape index (κ3) is 2.41. The first-order chi connectivity index (χ1) is 8.57. The van der Waals surface area contributed by atoms with Crippen LogP contribution in [0.1, 0.15) is 37.8 Å². The quantitative estimate of drug-likeness (QED) is 0.931. The summed E-state index contributed by atoms with van der Waals surface area (Å²) in [5, 5.41) is 12.0. The van der Waals surface area contributed by atoms with Crippen LogP contribution in [0, 0.1) is 16.7 Å². The van der Waals surface area contributed by atoms with Crippen molar-refractivity contribution >= 4 is 21.8 Å². The highest BCUT2D eigenvalue weighted by atomic mass is 79.9. The zero-order valence-electron chi connectivity index (χ0n) is 10.2. The number of halogens is 1. The van der Waals surface area contributed by atoms with Crippen molar-refractivity contribution in [3.8, 4) is 6.07 Å². The van der Waals surface area contributed by atoms with Crippen LogP contribution in [0.15, 0.2) is 28.7 Å². The Hall–Kier alpha value is -1.34. The van der Waals surface area contributed by atoms with Gasteiger partial charge in [-0.3, -0.25) is 4.79 Å². The molecular weight excluding hydrogens is 292 g/mol. The number of carbonyl (C=O) groups is 1. The second kappa shape index (κ2) is 5.11. The van der Waals surface area contributed by atoms with Crippen molar-refractivity contribution in [2.75, 3.05) is 0 Å². The summed E-state index contributed by atoms with van der Waals surface area (Å²) in [6.07, 6.45) is 2.33. The van der Waals surface area contributed by atoms with Gasteiger partial charge in [-0.15, -0.1) is 0 Å². The number of rotatable bonds is 3. The molecule has 1 aromatic rings. The highest BCUT2D eigenvalue weighted by molar-refractivity contribution is 9.10. The molecule has 4 heteroatoms. The van der Waals surface area contributed by atoms with E-state index in [1.807, 2.05) is 31.2 Å². The minimum Gasteiger partial charge on any atom is -0.348 e. The molecule has 0 aliphatic heterocycles. The molecule has 1 amide bonds. The van der Waals surface area contributed by atoms with Gasteiger partial charge in [-0.05, 0) is 43.9 Å². The fraction of sp³-hybridized carbons (Fsp3) is 0.429. The Morgan fingerprint density at radius 1 is 1.44 bits per heavy atom. The summed E-state index contributed by atoms with van der Waals surface area (Å²) in [4.78, 5) is 12.1. The summed E-state index contributed by atoms with van der Waals surface area (Å²) < 4.78 is 1.01. The predicted molar refractivity (Wildman–Crippen MR) is 72.6 cm³/mol. The molecule has 0 saturated heterocycles. The van der Waals surface area contributed by atoms with Crippen LogP contribution in [0.3, 0.4) is 0 Å². The molecule has 2 rings (SSSR count). The molecule has 1 atom stereocenters. The van der Waals surface area contributed by atoms with E-state index in [9.17, 15) is 4.79 Å². The fourth-order valence-electron chi connectivity index (χ4n) is 2.09. The molecule has 0 bridgehead atoms. The van der Waals surface area contributed by atoms with E-state index >= 15 is 0 Å². The third-order valence-electron chi connectivity index (χ3n) is 3.57. The maximum Gasteiger partial charge on any atom is 0.240 e. The maximum absolute atomic E-state index is 12.1.